The molecule has 4 N–H and O–H groups in total. The fraction of sp³-hybridized carbons (Fsp3) is 0.750. The lowest BCUT2D eigenvalue weighted by atomic mass is 10.1. The molecule has 5 nitrogen and oxygen atoms in total. The van der Waals surface area contributed by atoms with E-state index in [1.54, 1.807) is 0 Å². The Morgan fingerprint density at radius 3 is 2.29 bits per heavy atom. The van der Waals surface area contributed by atoms with Crippen molar-refractivity contribution in [1.29, 1.82) is 5.41 Å². The summed E-state index contributed by atoms with van der Waals surface area (Å²) in [5.41, 5.74) is -0.222. The summed E-state index contributed by atoms with van der Waals surface area (Å²) < 4.78 is 0. The predicted octanol–water partition coefficient (Wildman–Crippen LogP) is 1.32. The molecule has 0 heterocycles. The largest absolute Gasteiger partial charge is 0.481 e. The normalized spacial score (nSPS) is 13.7. The van der Waals surface area contributed by atoms with Crippen molar-refractivity contribution in [2.45, 2.75) is 26.7 Å². The van der Waals surface area contributed by atoms with E-state index >= 15 is 0 Å². The van der Waals surface area contributed by atoms with Gasteiger partial charge in [-0.1, -0.05) is 13.3 Å². The average Bonchev–Trinajstić information content (AvgIpc) is 2.02. The van der Waals surface area contributed by atoms with Crippen LogP contribution in [0.1, 0.15) is 26.7 Å². The second-order valence-electron chi connectivity index (χ2n) is 3.32. The van der Waals surface area contributed by atoms with Crippen molar-refractivity contribution in [1.82, 2.24) is 0 Å². The van der Waals surface area contributed by atoms with E-state index in [4.69, 9.17) is 10.5 Å². The maximum atomic E-state index is 10.7. The Morgan fingerprint density at radius 1 is 1.50 bits per heavy atom. The standard InChI is InChI=1S/C8H16NO4P/c1-3-4-7(8(10)11)5-14(12,13)6(2)9/h7,9,12-13H,3-5H2,1-2H3/p+1. The second kappa shape index (κ2) is 5.39. The minimum atomic E-state index is -3.45. The Kier molecular flexibility index (Phi) is 5.19. The first-order valence-electron chi connectivity index (χ1n) is 4.43. The van der Waals surface area contributed by atoms with E-state index in [0.717, 1.165) is 0 Å². The van der Waals surface area contributed by atoms with Crippen LogP contribution >= 0.6 is 7.72 Å². The highest BCUT2D eigenvalue weighted by Gasteiger charge is 2.41. The zero-order valence-electron chi connectivity index (χ0n) is 8.40. The van der Waals surface area contributed by atoms with E-state index < -0.39 is 19.6 Å². The molecule has 0 saturated heterocycles. The minimum Gasteiger partial charge on any atom is -0.481 e. The lowest BCUT2D eigenvalue weighted by molar-refractivity contribution is -0.141. The van der Waals surface area contributed by atoms with Gasteiger partial charge >= 0.3 is 13.7 Å². The quantitative estimate of drug-likeness (QED) is 0.402. The highest BCUT2D eigenvalue weighted by Crippen LogP contribution is 2.52. The predicted molar refractivity (Wildman–Crippen MR) is 55.7 cm³/mol. The van der Waals surface area contributed by atoms with Crippen LogP contribution in [0.15, 0.2) is 0 Å². The Labute approximate surface area is 83.8 Å². The Morgan fingerprint density at radius 2 is 2.00 bits per heavy atom. The molecule has 14 heavy (non-hydrogen) atoms. The fourth-order valence-corrected chi connectivity index (χ4v) is 2.31. The van der Waals surface area contributed by atoms with Gasteiger partial charge in [0, 0.05) is 6.92 Å². The van der Waals surface area contributed by atoms with Crippen LogP contribution in [0.4, 0.5) is 0 Å². The summed E-state index contributed by atoms with van der Waals surface area (Å²) in [7, 11) is -3.45. The summed E-state index contributed by atoms with van der Waals surface area (Å²) >= 11 is 0. The van der Waals surface area contributed by atoms with Crippen molar-refractivity contribution in [2.24, 2.45) is 5.92 Å². The molecule has 6 heteroatoms. The third kappa shape index (κ3) is 4.13. The van der Waals surface area contributed by atoms with Crippen LogP contribution < -0.4 is 0 Å². The molecule has 0 fully saturated rings. The smallest absolute Gasteiger partial charge is 0.314 e. The van der Waals surface area contributed by atoms with Crippen molar-refractivity contribution >= 4 is 19.1 Å². The number of hydrogen-bond donors (Lipinski definition) is 4. The van der Waals surface area contributed by atoms with Gasteiger partial charge in [0.2, 0.25) is 5.45 Å². The van der Waals surface area contributed by atoms with Gasteiger partial charge in [0.05, 0.1) is 5.92 Å². The first-order chi connectivity index (χ1) is 6.31. The van der Waals surface area contributed by atoms with Crippen molar-refractivity contribution in [3.8, 4) is 0 Å². The summed E-state index contributed by atoms with van der Waals surface area (Å²) in [6, 6.07) is 0. The molecule has 0 rings (SSSR count). The van der Waals surface area contributed by atoms with E-state index in [1.807, 2.05) is 6.92 Å². The van der Waals surface area contributed by atoms with Crippen molar-refractivity contribution in [3.63, 3.8) is 0 Å². The summed E-state index contributed by atoms with van der Waals surface area (Å²) in [4.78, 5) is 29.5. The molecule has 0 saturated carbocycles. The molecule has 0 amide bonds. The van der Waals surface area contributed by atoms with Crippen LogP contribution in [0, 0.1) is 11.3 Å². The lowest BCUT2D eigenvalue weighted by Gasteiger charge is -2.15. The van der Waals surface area contributed by atoms with Crippen molar-refractivity contribution in [2.75, 3.05) is 6.16 Å². The van der Waals surface area contributed by atoms with Crippen LogP contribution in [0.25, 0.3) is 0 Å². The summed E-state index contributed by atoms with van der Waals surface area (Å²) in [5, 5.41) is 15.9. The molecule has 0 aliphatic carbocycles. The number of rotatable bonds is 6. The van der Waals surface area contributed by atoms with Crippen LogP contribution in [0.3, 0.4) is 0 Å². The fourth-order valence-electron chi connectivity index (χ4n) is 1.09. The number of hydrogen-bond acceptors (Lipinski definition) is 4. The molecule has 0 spiro atoms. The third-order valence-corrected chi connectivity index (χ3v) is 4.02. The SMILES string of the molecule is CCCC(C[P+](O)(O)C(C)=N)C(=O)O. The minimum absolute atomic E-state index is 0.217. The molecule has 0 aliphatic rings. The van der Waals surface area contributed by atoms with Crippen LogP contribution in [0.5, 0.6) is 0 Å². The van der Waals surface area contributed by atoms with Gasteiger partial charge in [-0.05, 0) is 6.42 Å². The first kappa shape index (κ1) is 13.5. The van der Waals surface area contributed by atoms with Crippen molar-refractivity contribution < 1.29 is 19.7 Å². The summed E-state index contributed by atoms with van der Waals surface area (Å²) in [6.45, 7) is 3.13. The Hall–Kier alpha value is -0.510. The molecule has 82 valence electrons. The second-order valence-corrected chi connectivity index (χ2v) is 5.82. The van der Waals surface area contributed by atoms with Gasteiger partial charge in [0.15, 0.2) is 0 Å². The van der Waals surface area contributed by atoms with Gasteiger partial charge < -0.3 is 5.11 Å². The zero-order valence-corrected chi connectivity index (χ0v) is 9.29. The van der Waals surface area contributed by atoms with Gasteiger partial charge in [-0.3, -0.25) is 10.2 Å². The number of carboxylic acids is 1. The number of nitrogens with one attached hydrogen (secondary N) is 1. The number of carboxylic acid groups (broad SMARTS) is 1. The van der Waals surface area contributed by atoms with Gasteiger partial charge in [-0.25, -0.2) is 9.79 Å². The van der Waals surface area contributed by atoms with Gasteiger partial charge in [0.1, 0.15) is 6.16 Å². The van der Waals surface area contributed by atoms with Gasteiger partial charge in [0.25, 0.3) is 0 Å². The van der Waals surface area contributed by atoms with E-state index in [0.29, 0.717) is 12.8 Å². The Balaban J connectivity index is 4.43. The Bertz CT molecular complexity index is 229. The molecule has 0 aromatic heterocycles. The van der Waals surface area contributed by atoms with Gasteiger partial charge in [-0.2, -0.15) is 0 Å². The maximum absolute atomic E-state index is 10.7. The molecule has 1 atom stereocenters. The number of carbonyl (C=O) groups is 1. The maximum Gasteiger partial charge on any atom is 0.314 e. The van der Waals surface area contributed by atoms with Crippen LogP contribution in [-0.4, -0.2) is 32.5 Å². The topological polar surface area (TPSA) is 102 Å². The van der Waals surface area contributed by atoms with Crippen molar-refractivity contribution in [3.05, 3.63) is 0 Å². The van der Waals surface area contributed by atoms with E-state index in [2.05, 4.69) is 0 Å². The number of aliphatic carboxylic acids is 1. The van der Waals surface area contributed by atoms with E-state index in [1.165, 1.54) is 6.92 Å². The van der Waals surface area contributed by atoms with Gasteiger partial charge in [-0.15, -0.1) is 0 Å². The van der Waals surface area contributed by atoms with E-state index in [9.17, 15) is 14.6 Å². The molecular weight excluding hydrogens is 205 g/mol. The molecule has 0 aromatic carbocycles. The van der Waals surface area contributed by atoms with Crippen LogP contribution in [-0.2, 0) is 4.79 Å². The highest BCUT2D eigenvalue weighted by atomic mass is 31.2. The van der Waals surface area contributed by atoms with E-state index in [-0.39, 0.29) is 11.6 Å². The molecule has 1 unspecified atom stereocenters. The summed E-state index contributed by atoms with van der Waals surface area (Å²) in [6.07, 6.45) is 0.866. The monoisotopic (exact) mass is 222 g/mol. The average molecular weight is 222 g/mol. The first-order valence-corrected chi connectivity index (χ1v) is 6.31. The third-order valence-electron chi connectivity index (χ3n) is 2.00. The lowest BCUT2D eigenvalue weighted by Crippen LogP contribution is -2.21. The molecule has 0 radical (unpaired) electrons. The molecule has 0 aliphatic heterocycles. The molecular formula is C8H17NO4P+. The summed E-state index contributed by atoms with van der Waals surface area (Å²) in [5.74, 6) is -1.79. The highest BCUT2D eigenvalue weighted by molar-refractivity contribution is 7.81. The van der Waals surface area contributed by atoms with Crippen LogP contribution in [0.2, 0.25) is 0 Å². The molecule has 0 aromatic rings. The zero-order chi connectivity index (χ0) is 11.4. The molecule has 0 bridgehead atoms.